The molecule has 0 radical (unpaired) electrons. The van der Waals surface area contributed by atoms with Crippen LogP contribution in [0, 0.1) is 21.4 Å². The molecule has 0 saturated heterocycles. The summed E-state index contributed by atoms with van der Waals surface area (Å²) in [5, 5.41) is 24.4. The number of nitro groups is 1. The summed E-state index contributed by atoms with van der Waals surface area (Å²) < 4.78 is 0. The summed E-state index contributed by atoms with van der Waals surface area (Å²) in [7, 11) is 0. The Morgan fingerprint density at radius 1 is 1.56 bits per heavy atom. The first-order valence-corrected chi connectivity index (χ1v) is 5.81. The van der Waals surface area contributed by atoms with Crippen LogP contribution >= 0.6 is 11.3 Å². The molecule has 18 heavy (non-hydrogen) atoms. The van der Waals surface area contributed by atoms with Gasteiger partial charge in [0.05, 0.1) is 22.7 Å². The van der Waals surface area contributed by atoms with Gasteiger partial charge < -0.3 is 5.32 Å². The molecule has 2 aromatic heterocycles. The van der Waals surface area contributed by atoms with Crippen LogP contribution in [-0.4, -0.2) is 14.9 Å². The van der Waals surface area contributed by atoms with Gasteiger partial charge in [0.25, 0.3) is 0 Å². The second-order valence-corrected chi connectivity index (χ2v) is 3.98. The molecule has 0 fully saturated rings. The van der Waals surface area contributed by atoms with Gasteiger partial charge in [0.15, 0.2) is 0 Å². The number of thiazole rings is 1. The molecule has 0 unspecified atom stereocenters. The first-order chi connectivity index (χ1) is 8.72. The van der Waals surface area contributed by atoms with Gasteiger partial charge in [0, 0.05) is 11.6 Å². The van der Waals surface area contributed by atoms with Crippen LogP contribution in [0.4, 0.5) is 11.5 Å². The molecular weight excluding hydrogens is 254 g/mol. The molecule has 2 heterocycles. The lowest BCUT2D eigenvalue weighted by molar-refractivity contribution is -0.384. The third-order valence-electron chi connectivity index (χ3n) is 2.15. The number of hydrogen-bond acceptors (Lipinski definition) is 7. The third kappa shape index (κ3) is 2.41. The van der Waals surface area contributed by atoms with Gasteiger partial charge in [0.1, 0.15) is 11.6 Å². The van der Waals surface area contributed by atoms with E-state index in [1.54, 1.807) is 11.6 Å². The monoisotopic (exact) mass is 261 g/mol. The van der Waals surface area contributed by atoms with Gasteiger partial charge in [-0.05, 0) is 6.07 Å². The van der Waals surface area contributed by atoms with Crippen LogP contribution in [0.15, 0.2) is 23.2 Å². The molecule has 0 aliphatic rings. The molecule has 0 spiro atoms. The molecular formula is C10H7N5O2S. The predicted molar refractivity (Wildman–Crippen MR) is 65.0 cm³/mol. The summed E-state index contributed by atoms with van der Waals surface area (Å²) in [6.45, 7) is 0.326. The Hall–Kier alpha value is -2.53. The number of nitrogens with one attached hydrogen (secondary N) is 1. The van der Waals surface area contributed by atoms with E-state index in [1.807, 2.05) is 5.38 Å². The van der Waals surface area contributed by atoms with Crippen molar-refractivity contribution in [1.29, 1.82) is 5.26 Å². The molecule has 0 aliphatic carbocycles. The third-order valence-corrected chi connectivity index (χ3v) is 2.78. The fourth-order valence-electron chi connectivity index (χ4n) is 1.36. The average Bonchev–Trinajstić information content (AvgIpc) is 2.88. The highest BCUT2D eigenvalue weighted by Crippen LogP contribution is 2.25. The highest BCUT2D eigenvalue weighted by molar-refractivity contribution is 7.07. The molecule has 1 N–H and O–H groups in total. The molecule has 0 atom stereocenters. The van der Waals surface area contributed by atoms with Crippen molar-refractivity contribution in [3.05, 3.63) is 44.5 Å². The number of nitriles is 1. The minimum Gasteiger partial charge on any atom is -0.359 e. The van der Waals surface area contributed by atoms with Crippen LogP contribution in [0.3, 0.4) is 0 Å². The van der Waals surface area contributed by atoms with Crippen molar-refractivity contribution >= 4 is 22.8 Å². The summed E-state index contributed by atoms with van der Waals surface area (Å²) in [6, 6.07) is 3.09. The van der Waals surface area contributed by atoms with E-state index in [0.717, 1.165) is 5.69 Å². The van der Waals surface area contributed by atoms with E-state index in [2.05, 4.69) is 15.3 Å². The smallest absolute Gasteiger partial charge is 0.328 e. The molecule has 0 aliphatic heterocycles. The lowest BCUT2D eigenvalue weighted by atomic mass is 10.2. The molecule has 2 aromatic rings. The number of aromatic nitrogens is 2. The molecule has 7 nitrogen and oxygen atoms in total. The summed E-state index contributed by atoms with van der Waals surface area (Å²) in [5.41, 5.74) is 2.11. The van der Waals surface area contributed by atoms with Gasteiger partial charge in [-0.15, -0.1) is 11.3 Å². The van der Waals surface area contributed by atoms with Gasteiger partial charge in [-0.1, -0.05) is 0 Å². The highest BCUT2D eigenvalue weighted by atomic mass is 32.1. The van der Waals surface area contributed by atoms with E-state index in [9.17, 15) is 10.1 Å². The van der Waals surface area contributed by atoms with Crippen LogP contribution in [-0.2, 0) is 6.54 Å². The Bertz CT molecular complexity index is 605. The van der Waals surface area contributed by atoms with Crippen molar-refractivity contribution in [2.24, 2.45) is 0 Å². The normalized spacial score (nSPS) is 9.72. The van der Waals surface area contributed by atoms with Crippen LogP contribution in [0.25, 0.3) is 0 Å². The first-order valence-electron chi connectivity index (χ1n) is 4.87. The van der Waals surface area contributed by atoms with Crippen molar-refractivity contribution in [3.63, 3.8) is 0 Å². The molecule has 8 heteroatoms. The number of anilines is 1. The second kappa shape index (κ2) is 5.20. The Labute approximate surface area is 106 Å². The number of nitrogens with zero attached hydrogens (tertiary/aromatic N) is 4. The van der Waals surface area contributed by atoms with Crippen molar-refractivity contribution in [1.82, 2.24) is 9.97 Å². The maximum Gasteiger partial charge on any atom is 0.328 e. The zero-order valence-corrected chi connectivity index (χ0v) is 9.85. The molecule has 0 bridgehead atoms. The van der Waals surface area contributed by atoms with Crippen LogP contribution in [0.1, 0.15) is 11.3 Å². The van der Waals surface area contributed by atoms with E-state index < -0.39 is 4.92 Å². The van der Waals surface area contributed by atoms with Gasteiger partial charge in [-0.2, -0.15) is 5.26 Å². The zero-order valence-electron chi connectivity index (χ0n) is 9.03. The van der Waals surface area contributed by atoms with Crippen molar-refractivity contribution in [3.8, 4) is 6.07 Å². The first kappa shape index (κ1) is 11.9. The van der Waals surface area contributed by atoms with Gasteiger partial charge in [-0.25, -0.2) is 9.97 Å². The van der Waals surface area contributed by atoms with Crippen LogP contribution < -0.4 is 5.32 Å². The topological polar surface area (TPSA) is 105 Å². The fraction of sp³-hybridized carbons (Fsp3) is 0.100. The van der Waals surface area contributed by atoms with Gasteiger partial charge >= 0.3 is 5.69 Å². The second-order valence-electron chi connectivity index (χ2n) is 3.26. The number of hydrogen-bond donors (Lipinski definition) is 1. The van der Waals surface area contributed by atoms with Crippen LogP contribution in [0.5, 0.6) is 0 Å². The molecule has 0 saturated carbocycles. The summed E-state index contributed by atoms with van der Waals surface area (Å²) >= 11 is 1.44. The van der Waals surface area contributed by atoms with E-state index >= 15 is 0 Å². The maximum absolute atomic E-state index is 10.9. The van der Waals surface area contributed by atoms with E-state index in [-0.39, 0.29) is 17.1 Å². The standard InChI is InChI=1S/C10H7N5O2S/c11-3-7-1-2-12-10(9(7)15(16)17)13-4-8-5-18-6-14-8/h1-2,5-6H,4H2,(H,12,13). The summed E-state index contributed by atoms with van der Waals surface area (Å²) in [4.78, 5) is 18.2. The quantitative estimate of drug-likeness (QED) is 0.666. The van der Waals surface area contributed by atoms with Crippen molar-refractivity contribution in [2.45, 2.75) is 6.54 Å². The zero-order chi connectivity index (χ0) is 13.0. The molecule has 2 rings (SSSR count). The Morgan fingerprint density at radius 3 is 3.00 bits per heavy atom. The minimum atomic E-state index is -0.616. The largest absolute Gasteiger partial charge is 0.359 e. The lowest BCUT2D eigenvalue weighted by Gasteiger charge is -2.04. The molecule has 0 aromatic carbocycles. The minimum absolute atomic E-state index is 0.0178. The van der Waals surface area contributed by atoms with Crippen molar-refractivity contribution < 1.29 is 4.92 Å². The lowest BCUT2D eigenvalue weighted by Crippen LogP contribution is -2.06. The van der Waals surface area contributed by atoms with Gasteiger partial charge in [-0.3, -0.25) is 10.1 Å². The highest BCUT2D eigenvalue weighted by Gasteiger charge is 2.20. The van der Waals surface area contributed by atoms with E-state index in [0.29, 0.717) is 6.54 Å². The number of pyridine rings is 1. The van der Waals surface area contributed by atoms with E-state index in [4.69, 9.17) is 5.26 Å². The summed E-state index contributed by atoms with van der Waals surface area (Å²) in [6.07, 6.45) is 1.36. The predicted octanol–water partition coefficient (Wildman–Crippen LogP) is 1.93. The Kier molecular flexibility index (Phi) is 3.45. The molecule has 90 valence electrons. The Balaban J connectivity index is 2.27. The van der Waals surface area contributed by atoms with Crippen LogP contribution in [0.2, 0.25) is 0 Å². The van der Waals surface area contributed by atoms with Crippen molar-refractivity contribution in [2.75, 3.05) is 5.32 Å². The maximum atomic E-state index is 10.9. The average molecular weight is 261 g/mol. The molecule has 0 amide bonds. The SMILES string of the molecule is N#Cc1ccnc(NCc2cscn2)c1[N+](=O)[O-]. The number of rotatable bonds is 4. The van der Waals surface area contributed by atoms with E-state index in [1.165, 1.54) is 23.6 Å². The fourth-order valence-corrected chi connectivity index (χ4v) is 1.92. The summed E-state index contributed by atoms with van der Waals surface area (Å²) in [5.74, 6) is 0.0760. The van der Waals surface area contributed by atoms with Gasteiger partial charge in [0.2, 0.25) is 5.82 Å². The Morgan fingerprint density at radius 2 is 2.39 bits per heavy atom.